The smallest absolute Gasteiger partial charge is 0.225 e. The molecule has 2 aliphatic heterocycles. The van der Waals surface area contributed by atoms with Gasteiger partial charge < -0.3 is 14.6 Å². The van der Waals surface area contributed by atoms with Gasteiger partial charge in [-0.05, 0) is 50.2 Å². The summed E-state index contributed by atoms with van der Waals surface area (Å²) in [4.78, 5) is 18.7. The van der Waals surface area contributed by atoms with E-state index in [1.807, 2.05) is 23.5 Å². The van der Waals surface area contributed by atoms with Gasteiger partial charge in [-0.3, -0.25) is 4.79 Å². The van der Waals surface area contributed by atoms with Gasteiger partial charge >= 0.3 is 0 Å². The van der Waals surface area contributed by atoms with Crippen LogP contribution in [0.1, 0.15) is 50.8 Å². The lowest BCUT2D eigenvalue weighted by Gasteiger charge is -2.58. The van der Waals surface area contributed by atoms with Gasteiger partial charge in [-0.25, -0.2) is 4.98 Å². The van der Waals surface area contributed by atoms with Crippen LogP contribution < -0.4 is 0 Å². The van der Waals surface area contributed by atoms with Crippen molar-refractivity contribution in [2.75, 3.05) is 13.1 Å². The highest BCUT2D eigenvalue weighted by Crippen LogP contribution is 2.59. The molecule has 0 radical (unpaired) electrons. The predicted octanol–water partition coefficient (Wildman–Crippen LogP) is 3.35. The number of imidazole rings is 1. The Morgan fingerprint density at radius 1 is 1.36 bits per heavy atom. The molecular weight excluding hydrogens is 350 g/mol. The lowest BCUT2D eigenvalue weighted by Crippen LogP contribution is -2.60. The standard InChI is InChI=1S/C23H29N3O2/c1-3-4-5-17-15(2)19-13-24-14-26(19)20(17)18-12-23(21(18)27)8-10-25(11-9-23)22(28)16-6-7-16/h3-5,13-14,16,18,20-21,27H,1,6-12H2,2H3/b5-4-. The number of hydrogen-bond acceptors (Lipinski definition) is 3. The van der Waals surface area contributed by atoms with Gasteiger partial charge in [0.05, 0.1) is 30.4 Å². The Balaban J connectivity index is 1.33. The topological polar surface area (TPSA) is 58.4 Å². The van der Waals surface area contributed by atoms with E-state index in [0.717, 1.165) is 50.9 Å². The quantitative estimate of drug-likeness (QED) is 0.816. The van der Waals surface area contributed by atoms with Crippen LogP contribution in [-0.2, 0) is 4.79 Å². The summed E-state index contributed by atoms with van der Waals surface area (Å²) in [6.45, 7) is 7.54. The molecule has 3 unspecified atom stereocenters. The fourth-order valence-electron chi connectivity index (χ4n) is 5.71. The zero-order valence-corrected chi connectivity index (χ0v) is 16.6. The fraction of sp³-hybridized carbons (Fsp3) is 0.565. The van der Waals surface area contributed by atoms with Crippen molar-refractivity contribution < 1.29 is 9.90 Å². The molecule has 1 saturated heterocycles. The molecule has 5 nitrogen and oxygen atoms in total. The SMILES string of the molecule is C=C/C=C\C1=C(C)c2cncn2C1C1CC2(CCN(C(=O)C3CC3)CC2)C1O. The second-order valence-electron chi connectivity index (χ2n) is 9.08. The maximum absolute atomic E-state index is 12.4. The number of aromatic nitrogens is 2. The van der Waals surface area contributed by atoms with Crippen molar-refractivity contribution in [2.24, 2.45) is 17.3 Å². The number of rotatable bonds is 4. The minimum atomic E-state index is -0.330. The first-order chi connectivity index (χ1) is 13.6. The van der Waals surface area contributed by atoms with E-state index in [0.29, 0.717) is 11.8 Å². The number of aliphatic hydroxyl groups excluding tert-OH is 1. The van der Waals surface area contributed by atoms with Crippen LogP contribution in [0, 0.1) is 17.3 Å². The van der Waals surface area contributed by atoms with E-state index in [1.165, 1.54) is 11.1 Å². The van der Waals surface area contributed by atoms with E-state index in [9.17, 15) is 9.90 Å². The summed E-state index contributed by atoms with van der Waals surface area (Å²) in [6, 6.07) is 0.139. The minimum Gasteiger partial charge on any atom is -0.392 e. The number of aliphatic hydroxyl groups is 1. The molecule has 4 aliphatic rings. The largest absolute Gasteiger partial charge is 0.392 e. The average Bonchev–Trinajstić information content (AvgIpc) is 3.40. The van der Waals surface area contributed by atoms with Crippen molar-refractivity contribution in [1.29, 1.82) is 0 Å². The van der Waals surface area contributed by atoms with Crippen LogP contribution >= 0.6 is 0 Å². The third-order valence-corrected chi connectivity index (χ3v) is 7.59. The molecular formula is C23H29N3O2. The van der Waals surface area contributed by atoms with Gasteiger partial charge in [0.15, 0.2) is 0 Å². The lowest BCUT2D eigenvalue weighted by atomic mass is 9.53. The minimum absolute atomic E-state index is 0.0184. The molecule has 0 aromatic carbocycles. The van der Waals surface area contributed by atoms with Crippen molar-refractivity contribution in [3.8, 4) is 0 Å². The van der Waals surface area contributed by atoms with Crippen molar-refractivity contribution >= 4 is 11.5 Å². The number of likely N-dealkylation sites (tertiary alicyclic amines) is 1. The highest BCUT2D eigenvalue weighted by molar-refractivity contribution is 5.81. The molecule has 1 aromatic rings. The highest BCUT2D eigenvalue weighted by atomic mass is 16.3. The zero-order chi connectivity index (χ0) is 19.5. The Bertz CT molecular complexity index is 868. The first-order valence-corrected chi connectivity index (χ1v) is 10.5. The molecule has 5 heteroatoms. The Kier molecular flexibility index (Phi) is 4.13. The number of nitrogens with zero attached hydrogens (tertiary/aromatic N) is 3. The summed E-state index contributed by atoms with van der Waals surface area (Å²) in [6.07, 6.45) is 14.4. The van der Waals surface area contributed by atoms with Crippen molar-refractivity contribution in [1.82, 2.24) is 14.5 Å². The van der Waals surface area contributed by atoms with Crippen molar-refractivity contribution in [3.05, 3.63) is 48.6 Å². The monoisotopic (exact) mass is 379 g/mol. The summed E-state index contributed by atoms with van der Waals surface area (Å²) in [5, 5.41) is 11.3. The van der Waals surface area contributed by atoms with E-state index in [2.05, 4.69) is 29.1 Å². The molecule has 0 bridgehead atoms. The first-order valence-electron chi connectivity index (χ1n) is 10.5. The molecule has 3 atom stereocenters. The molecule has 1 spiro atoms. The first kappa shape index (κ1) is 17.9. The molecule has 3 fully saturated rings. The van der Waals surface area contributed by atoms with Gasteiger partial charge in [0.2, 0.25) is 5.91 Å². The number of carbonyl (C=O) groups excluding carboxylic acids is 1. The maximum atomic E-state index is 12.4. The second kappa shape index (κ2) is 6.45. The number of amides is 1. The van der Waals surface area contributed by atoms with E-state index >= 15 is 0 Å². The van der Waals surface area contributed by atoms with Crippen LogP contribution in [-0.4, -0.2) is 44.7 Å². The summed E-state index contributed by atoms with van der Waals surface area (Å²) in [7, 11) is 0. The normalized spacial score (nSPS) is 31.4. The highest BCUT2D eigenvalue weighted by Gasteiger charge is 2.58. The van der Waals surface area contributed by atoms with Gasteiger partial charge in [-0.15, -0.1) is 0 Å². The van der Waals surface area contributed by atoms with E-state index in [1.54, 1.807) is 6.08 Å². The Hall–Kier alpha value is -2.14. The molecule has 148 valence electrons. The summed E-state index contributed by atoms with van der Waals surface area (Å²) in [5.74, 6) is 0.827. The lowest BCUT2D eigenvalue weighted by molar-refractivity contribution is -0.165. The second-order valence-corrected chi connectivity index (χ2v) is 9.08. The molecule has 1 amide bonds. The molecule has 5 rings (SSSR count). The zero-order valence-electron chi connectivity index (χ0n) is 16.6. The Labute approximate surface area is 166 Å². The van der Waals surface area contributed by atoms with Crippen LogP contribution in [0.25, 0.3) is 5.57 Å². The third kappa shape index (κ3) is 2.55. The van der Waals surface area contributed by atoms with Crippen LogP contribution in [0.4, 0.5) is 0 Å². The van der Waals surface area contributed by atoms with Crippen LogP contribution in [0.15, 0.2) is 42.9 Å². The van der Waals surface area contributed by atoms with Crippen molar-refractivity contribution in [2.45, 2.75) is 51.2 Å². The fourth-order valence-corrected chi connectivity index (χ4v) is 5.71. The molecule has 2 aliphatic carbocycles. The Morgan fingerprint density at radius 3 is 2.75 bits per heavy atom. The third-order valence-electron chi connectivity index (χ3n) is 7.59. The summed E-state index contributed by atoms with van der Waals surface area (Å²) >= 11 is 0. The van der Waals surface area contributed by atoms with E-state index < -0.39 is 0 Å². The number of carbonyl (C=O) groups is 1. The van der Waals surface area contributed by atoms with Gasteiger partial charge in [0, 0.05) is 30.3 Å². The molecule has 1 N–H and O–H groups in total. The van der Waals surface area contributed by atoms with Crippen LogP contribution in [0.2, 0.25) is 0 Å². The maximum Gasteiger partial charge on any atom is 0.225 e. The van der Waals surface area contributed by atoms with E-state index in [-0.39, 0.29) is 23.5 Å². The number of fused-ring (bicyclic) bond motifs is 1. The van der Waals surface area contributed by atoms with Crippen molar-refractivity contribution in [3.63, 3.8) is 0 Å². The van der Waals surface area contributed by atoms with Gasteiger partial charge in [-0.1, -0.05) is 24.8 Å². The molecule has 3 heterocycles. The average molecular weight is 380 g/mol. The molecule has 28 heavy (non-hydrogen) atoms. The van der Waals surface area contributed by atoms with E-state index in [4.69, 9.17) is 0 Å². The molecule has 2 saturated carbocycles. The Morgan fingerprint density at radius 2 is 2.11 bits per heavy atom. The van der Waals surface area contributed by atoms with Crippen LogP contribution in [0.5, 0.6) is 0 Å². The number of allylic oxidation sites excluding steroid dienone is 5. The van der Waals surface area contributed by atoms with Gasteiger partial charge in [0.1, 0.15) is 0 Å². The predicted molar refractivity (Wildman–Crippen MR) is 108 cm³/mol. The molecule has 1 aromatic heterocycles. The van der Waals surface area contributed by atoms with Crippen LogP contribution in [0.3, 0.4) is 0 Å². The number of hydrogen-bond donors (Lipinski definition) is 1. The summed E-state index contributed by atoms with van der Waals surface area (Å²) in [5.41, 5.74) is 3.62. The number of piperidine rings is 1. The summed E-state index contributed by atoms with van der Waals surface area (Å²) < 4.78 is 2.23. The van der Waals surface area contributed by atoms with Gasteiger partial charge in [0.25, 0.3) is 0 Å². The van der Waals surface area contributed by atoms with Gasteiger partial charge in [-0.2, -0.15) is 0 Å².